The summed E-state index contributed by atoms with van der Waals surface area (Å²) in [6.45, 7) is 2.05. The predicted octanol–water partition coefficient (Wildman–Crippen LogP) is 3.56. The summed E-state index contributed by atoms with van der Waals surface area (Å²) < 4.78 is 1.27. The van der Waals surface area contributed by atoms with Crippen LogP contribution in [0, 0.1) is 10.5 Å². The molecular weight excluding hydrogens is 343 g/mol. The molecule has 0 amide bonds. The first kappa shape index (κ1) is 13.0. The molecule has 0 saturated heterocycles. The molecule has 1 aromatic carbocycles. The van der Waals surface area contributed by atoms with E-state index in [1.54, 1.807) is 11.3 Å². The van der Waals surface area contributed by atoms with E-state index in [4.69, 9.17) is 0 Å². The van der Waals surface area contributed by atoms with Crippen molar-refractivity contribution in [1.82, 2.24) is 10.3 Å². The number of nitrogens with zero attached hydrogens (tertiary/aromatic N) is 1. The lowest BCUT2D eigenvalue weighted by atomic mass is 10.0. The van der Waals surface area contributed by atoms with Gasteiger partial charge in [-0.25, -0.2) is 4.98 Å². The minimum Gasteiger partial charge on any atom is -0.311 e. The van der Waals surface area contributed by atoms with Gasteiger partial charge in [-0.3, -0.25) is 0 Å². The van der Waals surface area contributed by atoms with Crippen LogP contribution < -0.4 is 5.32 Å². The number of aromatic nitrogens is 1. The van der Waals surface area contributed by atoms with Gasteiger partial charge in [-0.1, -0.05) is 12.1 Å². The summed E-state index contributed by atoms with van der Waals surface area (Å²) in [5.41, 5.74) is 2.49. The van der Waals surface area contributed by atoms with Crippen LogP contribution in [0.15, 0.2) is 29.6 Å². The fourth-order valence-corrected chi connectivity index (χ4v) is 2.78. The lowest BCUT2D eigenvalue weighted by Crippen LogP contribution is -2.19. The second kappa shape index (κ2) is 5.93. The van der Waals surface area contributed by atoms with E-state index < -0.39 is 0 Å². The number of aryl methyl sites for hydroxylation is 1. The van der Waals surface area contributed by atoms with Gasteiger partial charge in [0.15, 0.2) is 0 Å². The maximum absolute atomic E-state index is 4.55. The van der Waals surface area contributed by atoms with Gasteiger partial charge in [-0.2, -0.15) is 0 Å². The third kappa shape index (κ3) is 3.50. The third-order valence-electron chi connectivity index (χ3n) is 2.70. The van der Waals surface area contributed by atoms with Crippen LogP contribution >= 0.6 is 33.9 Å². The largest absolute Gasteiger partial charge is 0.311 e. The highest BCUT2D eigenvalue weighted by Gasteiger charge is 2.12. The minimum atomic E-state index is 0.306. The molecule has 2 rings (SSSR count). The number of hydrogen-bond donors (Lipinski definition) is 1. The second-order valence-corrected chi connectivity index (χ2v) is 6.27. The highest BCUT2D eigenvalue weighted by atomic mass is 127. The first-order valence-electron chi connectivity index (χ1n) is 5.53. The van der Waals surface area contributed by atoms with Crippen LogP contribution in [-0.2, 0) is 6.42 Å². The Hall–Kier alpha value is -0.460. The average molecular weight is 358 g/mol. The zero-order chi connectivity index (χ0) is 12.3. The van der Waals surface area contributed by atoms with E-state index in [0.717, 1.165) is 17.1 Å². The lowest BCUT2D eigenvalue weighted by molar-refractivity contribution is 0.578. The smallest absolute Gasteiger partial charge is 0.0898 e. The molecule has 0 aliphatic heterocycles. The summed E-state index contributed by atoms with van der Waals surface area (Å²) in [4.78, 5) is 4.55. The first-order chi connectivity index (χ1) is 8.19. The Morgan fingerprint density at radius 1 is 1.35 bits per heavy atom. The maximum atomic E-state index is 4.55. The molecule has 0 aliphatic rings. The van der Waals surface area contributed by atoms with Gasteiger partial charge in [-0.05, 0) is 60.7 Å². The van der Waals surface area contributed by atoms with E-state index in [0.29, 0.717) is 6.04 Å². The zero-order valence-corrected chi connectivity index (χ0v) is 12.9. The normalized spacial score (nSPS) is 12.6. The van der Waals surface area contributed by atoms with Gasteiger partial charge < -0.3 is 5.32 Å². The van der Waals surface area contributed by atoms with Crippen molar-refractivity contribution in [2.75, 3.05) is 7.05 Å². The molecule has 0 saturated carbocycles. The molecule has 0 radical (unpaired) electrons. The Morgan fingerprint density at radius 3 is 2.59 bits per heavy atom. The Labute approximate surface area is 120 Å². The molecule has 1 heterocycles. The van der Waals surface area contributed by atoms with Crippen LogP contribution in [-0.4, -0.2) is 12.0 Å². The van der Waals surface area contributed by atoms with Crippen LogP contribution in [0.4, 0.5) is 0 Å². The summed E-state index contributed by atoms with van der Waals surface area (Å²) in [7, 11) is 1.99. The van der Waals surface area contributed by atoms with Crippen molar-refractivity contribution >= 4 is 33.9 Å². The number of hydrogen-bond acceptors (Lipinski definition) is 3. The minimum absolute atomic E-state index is 0.306. The number of likely N-dealkylation sites (N-methyl/N-ethyl adjacent to an activating group) is 1. The van der Waals surface area contributed by atoms with Crippen molar-refractivity contribution in [2.24, 2.45) is 0 Å². The number of thiazole rings is 1. The Balaban J connectivity index is 2.12. The van der Waals surface area contributed by atoms with Crippen molar-refractivity contribution in [2.45, 2.75) is 19.4 Å². The fourth-order valence-electron chi connectivity index (χ4n) is 1.75. The molecule has 1 N–H and O–H groups in total. The van der Waals surface area contributed by atoms with Crippen LogP contribution in [0.3, 0.4) is 0 Å². The molecule has 0 bridgehead atoms. The van der Waals surface area contributed by atoms with E-state index >= 15 is 0 Å². The van der Waals surface area contributed by atoms with E-state index in [-0.39, 0.29) is 0 Å². The Kier molecular flexibility index (Phi) is 4.53. The molecule has 4 heteroatoms. The van der Waals surface area contributed by atoms with Gasteiger partial charge in [0.25, 0.3) is 0 Å². The number of halogens is 1. The van der Waals surface area contributed by atoms with Crippen LogP contribution in [0.5, 0.6) is 0 Å². The summed E-state index contributed by atoms with van der Waals surface area (Å²) in [6.07, 6.45) is 0.983. The van der Waals surface area contributed by atoms with Crippen LogP contribution in [0.2, 0.25) is 0 Å². The molecule has 1 aromatic heterocycles. The van der Waals surface area contributed by atoms with Crippen LogP contribution in [0.1, 0.15) is 22.3 Å². The van der Waals surface area contributed by atoms with Gasteiger partial charge in [-0.15, -0.1) is 11.3 Å². The van der Waals surface area contributed by atoms with Crippen LogP contribution in [0.25, 0.3) is 0 Å². The van der Waals surface area contributed by atoms with E-state index in [1.165, 1.54) is 9.13 Å². The van der Waals surface area contributed by atoms with Crippen molar-refractivity contribution in [3.05, 3.63) is 49.5 Å². The summed E-state index contributed by atoms with van der Waals surface area (Å²) >= 11 is 4.04. The van der Waals surface area contributed by atoms with Crippen molar-refractivity contribution in [3.63, 3.8) is 0 Å². The monoisotopic (exact) mass is 358 g/mol. The van der Waals surface area contributed by atoms with E-state index in [2.05, 4.69) is 62.5 Å². The highest BCUT2D eigenvalue weighted by Crippen LogP contribution is 2.20. The predicted molar refractivity (Wildman–Crippen MR) is 81.5 cm³/mol. The third-order valence-corrected chi connectivity index (χ3v) is 4.21. The van der Waals surface area contributed by atoms with Gasteiger partial charge in [0, 0.05) is 8.95 Å². The zero-order valence-electron chi connectivity index (χ0n) is 9.90. The van der Waals surface area contributed by atoms with Gasteiger partial charge in [0.05, 0.1) is 16.7 Å². The summed E-state index contributed by atoms with van der Waals surface area (Å²) in [5.74, 6) is 0. The molecule has 1 unspecified atom stereocenters. The molecule has 2 aromatic rings. The highest BCUT2D eigenvalue weighted by molar-refractivity contribution is 14.1. The lowest BCUT2D eigenvalue weighted by Gasteiger charge is -2.13. The fraction of sp³-hybridized carbons (Fsp3) is 0.308. The molecule has 2 nitrogen and oxygen atoms in total. The average Bonchev–Trinajstić information content (AvgIpc) is 2.75. The van der Waals surface area contributed by atoms with Crippen molar-refractivity contribution in [3.8, 4) is 0 Å². The quantitative estimate of drug-likeness (QED) is 0.846. The molecule has 0 spiro atoms. The Morgan fingerprint density at radius 2 is 2.06 bits per heavy atom. The van der Waals surface area contributed by atoms with Crippen molar-refractivity contribution in [1.29, 1.82) is 0 Å². The topological polar surface area (TPSA) is 24.9 Å². The maximum Gasteiger partial charge on any atom is 0.0898 e. The van der Waals surface area contributed by atoms with Crippen molar-refractivity contribution < 1.29 is 0 Å². The number of benzene rings is 1. The molecule has 0 fully saturated rings. The van der Waals surface area contributed by atoms with Gasteiger partial charge in [0.2, 0.25) is 0 Å². The molecule has 17 heavy (non-hydrogen) atoms. The van der Waals surface area contributed by atoms with E-state index in [1.807, 2.05) is 14.0 Å². The second-order valence-electron chi connectivity index (χ2n) is 3.96. The molecular formula is C13H15IN2S. The summed E-state index contributed by atoms with van der Waals surface area (Å²) in [6, 6.07) is 8.97. The summed E-state index contributed by atoms with van der Waals surface area (Å²) in [5, 5.41) is 6.61. The van der Waals surface area contributed by atoms with Gasteiger partial charge >= 0.3 is 0 Å². The molecule has 90 valence electrons. The number of nitrogens with one attached hydrogen (secondary N) is 1. The SMILES string of the molecule is CNC(Cc1ccc(I)cc1)c1csc(C)n1. The standard InChI is InChI=1S/C13H15IN2S/c1-9-16-13(8-17-9)12(15-2)7-10-3-5-11(14)6-4-10/h3-6,8,12,15H,7H2,1-2H3. The first-order valence-corrected chi connectivity index (χ1v) is 7.48. The number of rotatable bonds is 4. The Bertz CT molecular complexity index is 478. The molecule has 1 atom stereocenters. The van der Waals surface area contributed by atoms with E-state index in [9.17, 15) is 0 Å². The van der Waals surface area contributed by atoms with Gasteiger partial charge in [0.1, 0.15) is 0 Å². The molecule has 0 aliphatic carbocycles.